The Morgan fingerprint density at radius 3 is 2.43 bits per heavy atom. The molecule has 0 saturated carbocycles. The zero-order valence-electron chi connectivity index (χ0n) is 11.2. The molecule has 0 bridgehead atoms. The number of aliphatic hydroxyl groups is 5. The van der Waals surface area contributed by atoms with Crippen LogP contribution < -0.4 is 5.32 Å². The molecule has 1 aliphatic rings. The summed E-state index contributed by atoms with van der Waals surface area (Å²) in [7, 11) is 0. The molecule has 1 unspecified atom stereocenters. The molecule has 0 aromatic heterocycles. The molecule has 21 heavy (non-hydrogen) atoms. The highest BCUT2D eigenvalue weighted by Gasteiger charge is 2.53. The van der Waals surface area contributed by atoms with Crippen LogP contribution in [0.5, 0.6) is 0 Å². The van der Waals surface area contributed by atoms with Crippen LogP contribution in [0.15, 0.2) is 0 Å². The first-order valence-electron chi connectivity index (χ1n) is 6.18. The molecule has 0 aromatic rings. The zero-order valence-corrected chi connectivity index (χ0v) is 11.2. The minimum atomic E-state index is -2.78. The van der Waals surface area contributed by atoms with Crippen molar-refractivity contribution in [3.63, 3.8) is 0 Å². The molecule has 1 saturated heterocycles. The van der Waals surface area contributed by atoms with Gasteiger partial charge in [0.25, 0.3) is 5.79 Å². The molecular formula is C11H19NO9. The van der Waals surface area contributed by atoms with E-state index in [0.717, 1.165) is 6.92 Å². The number of carbonyl (C=O) groups is 2. The number of aliphatic carboxylic acids is 1. The minimum absolute atomic E-state index is 0.598. The SMILES string of the molecule is CC(=O)N[C@@H]1C([C@H](O)[C@H](O)CO)O[C@](O)(C(=O)O)C[C@H]1O. The maximum absolute atomic E-state index is 11.1. The Balaban J connectivity index is 3.07. The van der Waals surface area contributed by atoms with Crippen LogP contribution in [0.3, 0.4) is 0 Å². The van der Waals surface area contributed by atoms with E-state index in [4.69, 9.17) is 14.9 Å². The molecule has 0 aliphatic carbocycles. The Morgan fingerprint density at radius 2 is 2.00 bits per heavy atom. The van der Waals surface area contributed by atoms with E-state index < -0.39 is 61.1 Å². The summed E-state index contributed by atoms with van der Waals surface area (Å²) in [6.07, 6.45) is -7.48. The van der Waals surface area contributed by atoms with Gasteiger partial charge in [0.05, 0.1) is 18.8 Å². The number of amides is 1. The number of carboxylic acid groups (broad SMARTS) is 1. The van der Waals surface area contributed by atoms with Crippen molar-refractivity contribution in [3.8, 4) is 0 Å². The summed E-state index contributed by atoms with van der Waals surface area (Å²) >= 11 is 0. The van der Waals surface area contributed by atoms with Crippen molar-refractivity contribution in [2.45, 2.75) is 49.6 Å². The van der Waals surface area contributed by atoms with Gasteiger partial charge in [0.1, 0.15) is 18.3 Å². The van der Waals surface area contributed by atoms with Gasteiger partial charge in [-0.25, -0.2) is 4.79 Å². The number of ether oxygens (including phenoxy) is 1. The molecular weight excluding hydrogens is 290 g/mol. The number of carboxylic acids is 1. The van der Waals surface area contributed by atoms with Crippen molar-refractivity contribution in [1.82, 2.24) is 5.32 Å². The molecule has 7 N–H and O–H groups in total. The highest BCUT2D eigenvalue weighted by atomic mass is 16.7. The number of carbonyl (C=O) groups excluding carboxylic acids is 1. The van der Waals surface area contributed by atoms with Crippen molar-refractivity contribution in [2.75, 3.05) is 6.61 Å². The standard InChI is InChI=1S/C11H19NO9/c1-4(14)12-7-5(15)2-11(20,10(18)19)21-9(7)8(17)6(16)3-13/h5-9,13,15-17,20H,2-3H2,1H3,(H,12,14)(H,18,19)/t5-,6-,7+,8-,9?,11+/m1/s1. The van der Waals surface area contributed by atoms with Crippen LogP contribution in [0.25, 0.3) is 0 Å². The maximum atomic E-state index is 11.1. The van der Waals surface area contributed by atoms with Gasteiger partial charge in [-0.3, -0.25) is 4.79 Å². The highest BCUT2D eigenvalue weighted by Crippen LogP contribution is 2.30. The molecule has 1 heterocycles. The fourth-order valence-corrected chi connectivity index (χ4v) is 2.14. The Morgan fingerprint density at radius 1 is 1.43 bits per heavy atom. The predicted molar refractivity (Wildman–Crippen MR) is 64.8 cm³/mol. The summed E-state index contributed by atoms with van der Waals surface area (Å²) in [5.74, 6) is -5.17. The Bertz CT molecular complexity index is 403. The molecule has 1 fully saturated rings. The van der Waals surface area contributed by atoms with E-state index in [1.165, 1.54) is 0 Å². The van der Waals surface area contributed by atoms with Crippen LogP contribution in [0.4, 0.5) is 0 Å². The number of hydrogen-bond acceptors (Lipinski definition) is 8. The first-order chi connectivity index (χ1) is 9.62. The third kappa shape index (κ3) is 3.87. The molecule has 10 nitrogen and oxygen atoms in total. The van der Waals surface area contributed by atoms with E-state index in [9.17, 15) is 30.0 Å². The van der Waals surface area contributed by atoms with Crippen LogP contribution in [0.1, 0.15) is 13.3 Å². The van der Waals surface area contributed by atoms with Crippen LogP contribution in [-0.2, 0) is 14.3 Å². The van der Waals surface area contributed by atoms with Gasteiger partial charge in [0.15, 0.2) is 0 Å². The van der Waals surface area contributed by atoms with E-state index in [0.29, 0.717) is 0 Å². The summed E-state index contributed by atoms with van der Waals surface area (Å²) in [6, 6.07) is -1.27. The molecule has 122 valence electrons. The summed E-state index contributed by atoms with van der Waals surface area (Å²) in [5.41, 5.74) is 0. The molecule has 10 heteroatoms. The van der Waals surface area contributed by atoms with Gasteiger partial charge in [-0.2, -0.15) is 0 Å². The Kier molecular flexibility index (Phi) is 5.61. The summed E-state index contributed by atoms with van der Waals surface area (Å²) < 4.78 is 4.86. The number of nitrogens with one attached hydrogen (secondary N) is 1. The normalized spacial score (nSPS) is 35.8. The van der Waals surface area contributed by atoms with E-state index in [2.05, 4.69) is 5.32 Å². The monoisotopic (exact) mass is 309 g/mol. The minimum Gasteiger partial charge on any atom is -0.477 e. The summed E-state index contributed by atoms with van der Waals surface area (Å²) in [5, 5.41) is 59.0. The Labute approximate surface area is 119 Å². The average Bonchev–Trinajstić information content (AvgIpc) is 2.39. The molecule has 6 atom stereocenters. The lowest BCUT2D eigenvalue weighted by atomic mass is 9.88. The van der Waals surface area contributed by atoms with Gasteiger partial charge in [-0.1, -0.05) is 0 Å². The fraction of sp³-hybridized carbons (Fsp3) is 0.818. The van der Waals surface area contributed by atoms with Crippen molar-refractivity contribution in [2.24, 2.45) is 0 Å². The Hall–Kier alpha value is -1.30. The van der Waals surface area contributed by atoms with E-state index in [1.807, 2.05) is 0 Å². The molecule has 0 aromatic carbocycles. The number of rotatable bonds is 5. The lowest BCUT2D eigenvalue weighted by Crippen LogP contribution is -2.67. The second kappa shape index (κ2) is 6.64. The van der Waals surface area contributed by atoms with Crippen LogP contribution >= 0.6 is 0 Å². The molecule has 0 radical (unpaired) electrons. The second-order valence-electron chi connectivity index (χ2n) is 4.91. The molecule has 0 spiro atoms. The van der Waals surface area contributed by atoms with E-state index in [1.54, 1.807) is 0 Å². The van der Waals surface area contributed by atoms with Gasteiger partial charge in [0, 0.05) is 13.3 Å². The van der Waals surface area contributed by atoms with Crippen molar-refractivity contribution < 1.29 is 45.0 Å². The molecule has 1 rings (SSSR count). The summed E-state index contributed by atoms with van der Waals surface area (Å²) in [6.45, 7) is 0.256. The topological polar surface area (TPSA) is 177 Å². The van der Waals surface area contributed by atoms with Crippen LogP contribution in [0, 0.1) is 0 Å². The average molecular weight is 309 g/mol. The zero-order chi connectivity index (χ0) is 16.4. The third-order valence-corrected chi connectivity index (χ3v) is 3.21. The first kappa shape index (κ1) is 17.8. The van der Waals surface area contributed by atoms with E-state index in [-0.39, 0.29) is 0 Å². The highest BCUT2D eigenvalue weighted by molar-refractivity contribution is 5.76. The first-order valence-corrected chi connectivity index (χ1v) is 6.18. The second-order valence-corrected chi connectivity index (χ2v) is 4.91. The number of aliphatic hydroxyl groups excluding tert-OH is 4. The third-order valence-electron chi connectivity index (χ3n) is 3.21. The lowest BCUT2D eigenvalue weighted by Gasteiger charge is -2.44. The quantitative estimate of drug-likeness (QED) is 0.268. The van der Waals surface area contributed by atoms with E-state index >= 15 is 0 Å². The number of hydrogen-bond donors (Lipinski definition) is 7. The molecule has 1 aliphatic heterocycles. The van der Waals surface area contributed by atoms with Crippen molar-refractivity contribution >= 4 is 11.9 Å². The predicted octanol–water partition coefficient (Wildman–Crippen LogP) is -3.87. The van der Waals surface area contributed by atoms with Crippen molar-refractivity contribution in [1.29, 1.82) is 0 Å². The fourth-order valence-electron chi connectivity index (χ4n) is 2.14. The van der Waals surface area contributed by atoms with Crippen molar-refractivity contribution in [3.05, 3.63) is 0 Å². The smallest absolute Gasteiger partial charge is 0.364 e. The van der Waals surface area contributed by atoms with Gasteiger partial charge in [-0.15, -0.1) is 0 Å². The van der Waals surface area contributed by atoms with Gasteiger partial charge >= 0.3 is 5.97 Å². The van der Waals surface area contributed by atoms with Gasteiger partial charge in [0.2, 0.25) is 5.91 Å². The summed E-state index contributed by atoms with van der Waals surface area (Å²) in [4.78, 5) is 22.1. The van der Waals surface area contributed by atoms with Gasteiger partial charge in [-0.05, 0) is 0 Å². The maximum Gasteiger partial charge on any atom is 0.364 e. The van der Waals surface area contributed by atoms with Crippen LogP contribution in [-0.4, -0.2) is 85.4 Å². The van der Waals surface area contributed by atoms with Gasteiger partial charge < -0.3 is 40.7 Å². The molecule has 1 amide bonds. The largest absolute Gasteiger partial charge is 0.477 e. The lowest BCUT2D eigenvalue weighted by molar-refractivity contribution is -0.295. The van der Waals surface area contributed by atoms with Crippen LogP contribution in [0.2, 0.25) is 0 Å².